The van der Waals surface area contributed by atoms with Crippen molar-refractivity contribution in [2.75, 3.05) is 13.2 Å². The molecule has 0 bridgehead atoms. The molecule has 0 atom stereocenters. The fraction of sp³-hybridized carbons (Fsp3) is 0.286. The van der Waals surface area contributed by atoms with E-state index in [0.29, 0.717) is 6.61 Å². The Balaban J connectivity index is 1.71. The monoisotopic (exact) mass is 278 g/mol. The van der Waals surface area contributed by atoms with E-state index < -0.39 is 0 Å². The number of hydrogen-bond donors (Lipinski definition) is 1. The lowest BCUT2D eigenvalue weighted by Crippen LogP contribution is -1.96. The van der Waals surface area contributed by atoms with Gasteiger partial charge in [0.1, 0.15) is 6.61 Å². The second-order valence-corrected chi connectivity index (χ2v) is 5.81. The molecule has 0 aliphatic heterocycles. The molecule has 0 saturated heterocycles. The highest BCUT2D eigenvalue weighted by Crippen LogP contribution is 2.16. The maximum Gasteiger partial charge on any atom is 0.104 e. The minimum absolute atomic E-state index is 0.0927. The first kappa shape index (κ1) is 13.3. The first-order valence-electron chi connectivity index (χ1n) is 5.67. The normalized spacial score (nSPS) is 10.1. The summed E-state index contributed by atoms with van der Waals surface area (Å²) in [7, 11) is 0. The SMILES string of the molecule is OCC#Cc1ccc(COCCc2cccs2)s1. The third-order valence-electron chi connectivity index (χ3n) is 2.27. The first-order valence-corrected chi connectivity index (χ1v) is 7.36. The van der Waals surface area contributed by atoms with Crippen LogP contribution >= 0.6 is 22.7 Å². The van der Waals surface area contributed by atoms with Crippen LogP contribution in [0.2, 0.25) is 0 Å². The van der Waals surface area contributed by atoms with E-state index in [4.69, 9.17) is 9.84 Å². The van der Waals surface area contributed by atoms with Crippen LogP contribution in [0.1, 0.15) is 14.6 Å². The van der Waals surface area contributed by atoms with Gasteiger partial charge in [-0.15, -0.1) is 22.7 Å². The molecule has 0 aliphatic rings. The molecule has 4 heteroatoms. The molecule has 1 N–H and O–H groups in total. The van der Waals surface area contributed by atoms with Gasteiger partial charge in [0.2, 0.25) is 0 Å². The van der Waals surface area contributed by atoms with Gasteiger partial charge in [0, 0.05) is 16.2 Å². The Morgan fingerprint density at radius 2 is 2.17 bits per heavy atom. The third-order valence-corrected chi connectivity index (χ3v) is 4.18. The Kier molecular flexibility index (Phi) is 5.43. The van der Waals surface area contributed by atoms with E-state index in [1.165, 1.54) is 9.75 Å². The van der Waals surface area contributed by atoms with Gasteiger partial charge in [-0.05, 0) is 23.6 Å². The van der Waals surface area contributed by atoms with Crippen LogP contribution in [-0.4, -0.2) is 18.3 Å². The van der Waals surface area contributed by atoms with Crippen LogP contribution in [0, 0.1) is 11.8 Å². The van der Waals surface area contributed by atoms with Crippen LogP contribution in [0.25, 0.3) is 0 Å². The zero-order valence-electron chi connectivity index (χ0n) is 9.89. The summed E-state index contributed by atoms with van der Waals surface area (Å²) in [6, 6.07) is 8.18. The Bertz CT molecular complexity index is 517. The molecule has 2 aromatic heterocycles. The number of aliphatic hydroxyl groups is 1. The largest absolute Gasteiger partial charge is 0.384 e. The Hall–Kier alpha value is -1.12. The lowest BCUT2D eigenvalue weighted by Gasteiger charge is -2.00. The number of rotatable bonds is 5. The maximum absolute atomic E-state index is 8.61. The summed E-state index contributed by atoms with van der Waals surface area (Å²) in [5.74, 6) is 5.53. The molecule has 2 rings (SSSR count). The van der Waals surface area contributed by atoms with Crippen molar-refractivity contribution in [2.24, 2.45) is 0 Å². The van der Waals surface area contributed by atoms with Crippen molar-refractivity contribution in [2.45, 2.75) is 13.0 Å². The van der Waals surface area contributed by atoms with Gasteiger partial charge in [0.25, 0.3) is 0 Å². The highest BCUT2D eigenvalue weighted by atomic mass is 32.1. The van der Waals surface area contributed by atoms with Gasteiger partial charge in [-0.3, -0.25) is 0 Å². The number of thiophene rings is 2. The zero-order valence-corrected chi connectivity index (χ0v) is 11.5. The predicted molar refractivity (Wildman–Crippen MR) is 76.0 cm³/mol. The zero-order chi connectivity index (χ0) is 12.6. The van der Waals surface area contributed by atoms with Crippen LogP contribution in [0.15, 0.2) is 29.6 Å². The van der Waals surface area contributed by atoms with Crippen molar-refractivity contribution >= 4 is 22.7 Å². The lowest BCUT2D eigenvalue weighted by atomic mass is 10.4. The minimum atomic E-state index is -0.0927. The average molecular weight is 278 g/mol. The van der Waals surface area contributed by atoms with Crippen LogP contribution < -0.4 is 0 Å². The van der Waals surface area contributed by atoms with Crippen LogP contribution in [0.3, 0.4) is 0 Å². The van der Waals surface area contributed by atoms with Crippen LogP contribution in [-0.2, 0) is 17.8 Å². The molecule has 2 heterocycles. The Morgan fingerprint density at radius 1 is 1.22 bits per heavy atom. The summed E-state index contributed by atoms with van der Waals surface area (Å²) in [6.07, 6.45) is 0.972. The van der Waals surface area contributed by atoms with Crippen molar-refractivity contribution in [3.63, 3.8) is 0 Å². The predicted octanol–water partition coefficient (Wildman–Crippen LogP) is 2.91. The molecule has 0 aliphatic carbocycles. The van der Waals surface area contributed by atoms with Gasteiger partial charge in [-0.25, -0.2) is 0 Å². The summed E-state index contributed by atoms with van der Waals surface area (Å²) in [4.78, 5) is 3.50. The summed E-state index contributed by atoms with van der Waals surface area (Å²) >= 11 is 3.38. The van der Waals surface area contributed by atoms with E-state index in [1.807, 2.05) is 12.1 Å². The van der Waals surface area contributed by atoms with Gasteiger partial charge >= 0.3 is 0 Å². The summed E-state index contributed by atoms with van der Waals surface area (Å²) < 4.78 is 5.63. The smallest absolute Gasteiger partial charge is 0.104 e. The van der Waals surface area contributed by atoms with Gasteiger partial charge in [-0.2, -0.15) is 0 Å². The number of ether oxygens (including phenoxy) is 1. The molecule has 0 fully saturated rings. The molecular formula is C14H14O2S2. The molecule has 94 valence electrons. The second kappa shape index (κ2) is 7.34. The molecule has 0 saturated carbocycles. The minimum Gasteiger partial charge on any atom is -0.384 e. The lowest BCUT2D eigenvalue weighted by molar-refractivity contribution is 0.126. The quantitative estimate of drug-likeness (QED) is 0.673. The topological polar surface area (TPSA) is 29.5 Å². The van der Waals surface area contributed by atoms with E-state index in [1.54, 1.807) is 22.7 Å². The van der Waals surface area contributed by atoms with Crippen LogP contribution in [0.5, 0.6) is 0 Å². The molecule has 0 amide bonds. The summed E-state index contributed by atoms with van der Waals surface area (Å²) in [6.45, 7) is 1.29. The van der Waals surface area contributed by atoms with Crippen LogP contribution in [0.4, 0.5) is 0 Å². The fourth-order valence-corrected chi connectivity index (χ4v) is 2.96. The van der Waals surface area contributed by atoms with Gasteiger partial charge < -0.3 is 9.84 Å². The van der Waals surface area contributed by atoms with Crippen molar-refractivity contribution in [3.8, 4) is 11.8 Å². The van der Waals surface area contributed by atoms with Gasteiger partial charge in [-0.1, -0.05) is 17.9 Å². The first-order chi connectivity index (χ1) is 8.88. The molecular weight excluding hydrogens is 264 g/mol. The van der Waals surface area contributed by atoms with E-state index >= 15 is 0 Å². The standard InChI is InChI=1S/C14H14O2S2/c15-8-1-3-13-5-6-14(18-13)11-16-9-7-12-4-2-10-17-12/h2,4-6,10,15H,7-9,11H2. The van der Waals surface area contributed by atoms with Crippen molar-refractivity contribution in [3.05, 3.63) is 44.3 Å². The Morgan fingerprint density at radius 3 is 2.94 bits per heavy atom. The van der Waals surface area contributed by atoms with Crippen molar-refractivity contribution < 1.29 is 9.84 Å². The van der Waals surface area contributed by atoms with Crippen molar-refractivity contribution in [1.82, 2.24) is 0 Å². The molecule has 0 radical (unpaired) electrons. The molecule has 0 aromatic carbocycles. The van der Waals surface area contributed by atoms with Gasteiger partial charge in [0.05, 0.1) is 18.1 Å². The highest BCUT2D eigenvalue weighted by molar-refractivity contribution is 7.12. The second-order valence-electron chi connectivity index (χ2n) is 3.61. The third kappa shape index (κ3) is 4.28. The number of aliphatic hydroxyl groups excluding tert-OH is 1. The van der Waals surface area contributed by atoms with E-state index in [2.05, 4.69) is 29.4 Å². The van der Waals surface area contributed by atoms with E-state index in [-0.39, 0.29) is 6.61 Å². The molecule has 0 unspecified atom stereocenters. The van der Waals surface area contributed by atoms with E-state index in [9.17, 15) is 0 Å². The fourth-order valence-electron chi connectivity index (χ4n) is 1.45. The summed E-state index contributed by atoms with van der Waals surface area (Å²) in [5, 5.41) is 10.7. The van der Waals surface area contributed by atoms with Crippen molar-refractivity contribution in [1.29, 1.82) is 0 Å². The van der Waals surface area contributed by atoms with Gasteiger partial charge in [0.15, 0.2) is 0 Å². The maximum atomic E-state index is 8.61. The molecule has 0 spiro atoms. The average Bonchev–Trinajstić information content (AvgIpc) is 3.04. The Labute approximate surface area is 115 Å². The molecule has 2 nitrogen and oxygen atoms in total. The summed E-state index contributed by atoms with van der Waals surface area (Å²) in [5.41, 5.74) is 0. The van der Waals surface area contributed by atoms with E-state index in [0.717, 1.165) is 17.9 Å². The number of hydrogen-bond acceptors (Lipinski definition) is 4. The molecule has 18 heavy (non-hydrogen) atoms. The molecule has 2 aromatic rings. The highest BCUT2D eigenvalue weighted by Gasteiger charge is 1.99.